The number of benzene rings is 2. The number of hydrogen-bond donors (Lipinski definition) is 5. The number of aromatic hydroxyl groups is 1. The third-order valence-electron chi connectivity index (χ3n) is 8.40. The smallest absolute Gasteiger partial charge is 0.248 e. The Morgan fingerprint density at radius 3 is 2.72 bits per heavy atom. The first-order valence-corrected chi connectivity index (χ1v) is 14.3. The first kappa shape index (κ1) is 27.8. The van der Waals surface area contributed by atoms with Crippen molar-refractivity contribution in [2.24, 2.45) is 0 Å². The van der Waals surface area contributed by atoms with Crippen molar-refractivity contribution in [3.8, 4) is 5.75 Å². The van der Waals surface area contributed by atoms with Gasteiger partial charge in [-0.25, -0.2) is 0 Å². The molecule has 0 amide bonds. The Morgan fingerprint density at radius 1 is 1.05 bits per heavy atom. The Balaban J connectivity index is 1.01. The van der Waals surface area contributed by atoms with Gasteiger partial charge in [-0.3, -0.25) is 4.79 Å². The van der Waals surface area contributed by atoms with Crippen LogP contribution in [-0.4, -0.2) is 76.7 Å². The largest absolute Gasteiger partial charge is 0.506 e. The molecule has 1 fully saturated rings. The Labute approximate surface area is 229 Å². The number of likely N-dealkylation sites (tertiary alicyclic amines) is 1. The lowest BCUT2D eigenvalue weighted by Gasteiger charge is -2.38. The number of piperidine rings is 1. The summed E-state index contributed by atoms with van der Waals surface area (Å²) in [4.78, 5) is 16.6. The standard InChI is InChI=1S/C31H41N3O5/c35-27-10-8-25(26-9-11-29(37)33-30(26)27)28(36)20-32-21-31(38)13-15-34(16-14-31)17-19-39-18-12-23-6-3-5-22-4-1-2-7-24(22)23/h3,5-6,8-11,28,32,35-36,38H,1-2,4,7,12-21H2,(H,33,37)/t28-/m0/s1. The number of phenols is 1. The molecule has 39 heavy (non-hydrogen) atoms. The topological polar surface area (TPSA) is 118 Å². The third kappa shape index (κ3) is 6.88. The van der Waals surface area contributed by atoms with Crippen molar-refractivity contribution in [3.63, 3.8) is 0 Å². The summed E-state index contributed by atoms with van der Waals surface area (Å²) in [6.45, 7) is 4.58. The fourth-order valence-corrected chi connectivity index (χ4v) is 6.04. The minimum Gasteiger partial charge on any atom is -0.506 e. The van der Waals surface area contributed by atoms with Crippen LogP contribution in [0.15, 0.2) is 47.3 Å². The van der Waals surface area contributed by atoms with Gasteiger partial charge in [0.25, 0.3) is 0 Å². The van der Waals surface area contributed by atoms with Crippen LogP contribution in [0.1, 0.15) is 54.0 Å². The van der Waals surface area contributed by atoms with Gasteiger partial charge in [-0.2, -0.15) is 0 Å². The number of pyridine rings is 1. The predicted molar refractivity (Wildman–Crippen MR) is 152 cm³/mol. The van der Waals surface area contributed by atoms with Crippen LogP contribution >= 0.6 is 0 Å². The van der Waals surface area contributed by atoms with E-state index in [-0.39, 0.29) is 17.9 Å². The van der Waals surface area contributed by atoms with Crippen LogP contribution < -0.4 is 10.9 Å². The molecule has 8 heteroatoms. The monoisotopic (exact) mass is 535 g/mol. The summed E-state index contributed by atoms with van der Waals surface area (Å²) in [6.07, 6.45) is 6.45. The van der Waals surface area contributed by atoms with E-state index in [1.54, 1.807) is 17.7 Å². The zero-order valence-electron chi connectivity index (χ0n) is 22.6. The number of rotatable bonds is 11. The molecule has 2 aliphatic rings. The van der Waals surface area contributed by atoms with Crippen LogP contribution in [0.5, 0.6) is 5.75 Å². The van der Waals surface area contributed by atoms with E-state index < -0.39 is 11.7 Å². The van der Waals surface area contributed by atoms with Crippen molar-refractivity contribution in [2.75, 3.05) is 45.9 Å². The lowest BCUT2D eigenvalue weighted by Crippen LogP contribution is -2.50. The predicted octanol–water partition coefficient (Wildman–Crippen LogP) is 2.82. The molecule has 1 aliphatic heterocycles. The molecule has 2 aromatic carbocycles. The Morgan fingerprint density at radius 2 is 1.87 bits per heavy atom. The zero-order chi connectivity index (χ0) is 27.2. The number of aromatic amines is 1. The lowest BCUT2D eigenvalue weighted by atomic mass is 9.87. The zero-order valence-corrected chi connectivity index (χ0v) is 22.6. The van der Waals surface area contributed by atoms with Crippen molar-refractivity contribution in [1.29, 1.82) is 0 Å². The number of aromatic nitrogens is 1. The number of hydrogen-bond acceptors (Lipinski definition) is 7. The Hall–Kier alpha value is -2.75. The van der Waals surface area contributed by atoms with E-state index in [2.05, 4.69) is 33.4 Å². The van der Waals surface area contributed by atoms with Crippen LogP contribution in [0.25, 0.3) is 10.9 Å². The average molecular weight is 536 g/mol. The number of fused-ring (bicyclic) bond motifs is 2. The van der Waals surface area contributed by atoms with Crippen molar-refractivity contribution < 1.29 is 20.1 Å². The Bertz CT molecular complexity index is 1320. The summed E-state index contributed by atoms with van der Waals surface area (Å²) in [7, 11) is 0. The van der Waals surface area contributed by atoms with Crippen LogP contribution in [0.4, 0.5) is 0 Å². The molecule has 0 spiro atoms. The number of ether oxygens (including phenoxy) is 1. The molecule has 0 bridgehead atoms. The number of aliphatic hydroxyl groups excluding tert-OH is 1. The maximum absolute atomic E-state index is 11.6. The van der Waals surface area contributed by atoms with Crippen molar-refractivity contribution >= 4 is 10.9 Å². The van der Waals surface area contributed by atoms with E-state index in [9.17, 15) is 20.1 Å². The normalized spacial score (nSPS) is 18.2. The molecule has 1 atom stereocenters. The summed E-state index contributed by atoms with van der Waals surface area (Å²) < 4.78 is 5.98. The highest BCUT2D eigenvalue weighted by Gasteiger charge is 2.32. The molecule has 3 aromatic rings. The second-order valence-corrected chi connectivity index (χ2v) is 11.1. The van der Waals surface area contributed by atoms with Crippen molar-refractivity contribution in [2.45, 2.75) is 56.7 Å². The minimum atomic E-state index is -0.846. The van der Waals surface area contributed by atoms with E-state index in [1.807, 2.05) is 0 Å². The van der Waals surface area contributed by atoms with Gasteiger partial charge < -0.3 is 35.3 Å². The van der Waals surface area contributed by atoms with Gasteiger partial charge in [-0.05, 0) is 79.3 Å². The minimum absolute atomic E-state index is 0.0344. The molecule has 0 radical (unpaired) electrons. The highest BCUT2D eigenvalue weighted by Crippen LogP contribution is 2.29. The fourth-order valence-electron chi connectivity index (χ4n) is 6.04. The molecular weight excluding hydrogens is 494 g/mol. The van der Waals surface area contributed by atoms with Gasteiger partial charge in [0.1, 0.15) is 5.75 Å². The van der Waals surface area contributed by atoms with E-state index >= 15 is 0 Å². The van der Waals surface area contributed by atoms with Crippen LogP contribution in [0.3, 0.4) is 0 Å². The fraction of sp³-hybridized carbons (Fsp3) is 0.516. The summed E-state index contributed by atoms with van der Waals surface area (Å²) in [5.41, 5.74) is 4.32. The van der Waals surface area contributed by atoms with Gasteiger partial charge in [0.2, 0.25) is 5.56 Å². The highest BCUT2D eigenvalue weighted by atomic mass is 16.5. The van der Waals surface area contributed by atoms with Gasteiger partial charge >= 0.3 is 0 Å². The maximum Gasteiger partial charge on any atom is 0.248 e. The summed E-state index contributed by atoms with van der Waals surface area (Å²) in [6, 6.07) is 12.8. The van der Waals surface area contributed by atoms with Gasteiger partial charge in [-0.1, -0.05) is 24.3 Å². The van der Waals surface area contributed by atoms with E-state index in [1.165, 1.54) is 48.9 Å². The number of H-pyrrole nitrogens is 1. The van der Waals surface area contributed by atoms with Crippen molar-refractivity contribution in [1.82, 2.24) is 15.2 Å². The number of aryl methyl sites for hydroxylation is 1. The first-order valence-electron chi connectivity index (χ1n) is 14.3. The molecule has 5 N–H and O–H groups in total. The summed E-state index contributed by atoms with van der Waals surface area (Å²) >= 11 is 0. The van der Waals surface area contributed by atoms with Gasteiger partial charge in [-0.15, -0.1) is 0 Å². The third-order valence-corrected chi connectivity index (χ3v) is 8.40. The van der Waals surface area contributed by atoms with Crippen LogP contribution in [0.2, 0.25) is 0 Å². The quantitative estimate of drug-likeness (QED) is 0.240. The summed E-state index contributed by atoms with van der Waals surface area (Å²) in [5.74, 6) is -0.0344. The lowest BCUT2D eigenvalue weighted by molar-refractivity contribution is -0.0266. The van der Waals surface area contributed by atoms with E-state index in [0.717, 1.165) is 32.7 Å². The number of nitrogens with one attached hydrogen (secondary N) is 2. The molecule has 0 unspecified atom stereocenters. The molecule has 210 valence electrons. The second kappa shape index (κ2) is 12.6. The molecule has 5 rings (SSSR count). The molecule has 1 aromatic heterocycles. The van der Waals surface area contributed by atoms with E-state index in [0.29, 0.717) is 42.5 Å². The number of nitrogens with zero attached hydrogens (tertiary/aromatic N) is 1. The molecular formula is C31H41N3O5. The van der Waals surface area contributed by atoms with Crippen molar-refractivity contribution in [3.05, 3.63) is 75.1 Å². The van der Waals surface area contributed by atoms with Crippen LogP contribution in [0, 0.1) is 0 Å². The molecule has 1 saturated heterocycles. The number of aliphatic hydroxyl groups is 2. The van der Waals surface area contributed by atoms with Gasteiger partial charge in [0.15, 0.2) is 0 Å². The maximum atomic E-state index is 11.6. The highest BCUT2D eigenvalue weighted by molar-refractivity contribution is 5.87. The second-order valence-electron chi connectivity index (χ2n) is 11.1. The number of phenolic OH excluding ortho intramolecular Hbond substituents is 1. The van der Waals surface area contributed by atoms with Gasteiger partial charge in [0, 0.05) is 44.2 Å². The molecule has 8 nitrogen and oxygen atoms in total. The van der Waals surface area contributed by atoms with Gasteiger partial charge in [0.05, 0.1) is 30.4 Å². The first-order chi connectivity index (χ1) is 18.9. The summed E-state index contributed by atoms with van der Waals surface area (Å²) in [5, 5.41) is 35.7. The molecule has 0 saturated carbocycles. The average Bonchev–Trinajstić information content (AvgIpc) is 2.94. The SMILES string of the molecule is O=c1ccc2c([C@@H](O)CNCC3(O)CCN(CCOCCc4cccc5c4CCCC5)CC3)ccc(O)c2[nH]1. The molecule has 2 heterocycles. The Kier molecular flexibility index (Phi) is 8.99. The molecule has 1 aliphatic carbocycles. The van der Waals surface area contributed by atoms with Crippen LogP contribution in [-0.2, 0) is 24.0 Å². The van der Waals surface area contributed by atoms with E-state index in [4.69, 9.17) is 4.74 Å².